The summed E-state index contributed by atoms with van der Waals surface area (Å²) in [5.41, 5.74) is 4.91. The zero-order chi connectivity index (χ0) is 12.7. The Morgan fingerprint density at radius 3 is 2.79 bits per heavy atom. The molecule has 0 amide bonds. The van der Waals surface area contributed by atoms with Crippen LogP contribution >= 0.6 is 0 Å². The zero-order valence-electron chi connectivity index (χ0n) is 10.3. The standard InChI is InChI=1S/C17H12O2/c1-2-4-15-13(3-1)6-7-14(15)9-12-5-8-16-17(10-12)19-11-18-16/h1-10H,11H2/b14-9+. The van der Waals surface area contributed by atoms with Crippen molar-refractivity contribution in [2.75, 3.05) is 6.79 Å². The van der Waals surface area contributed by atoms with Crippen molar-refractivity contribution >= 4 is 17.7 Å². The average Bonchev–Trinajstić information content (AvgIpc) is 3.06. The Hall–Kier alpha value is -2.48. The third-order valence-electron chi connectivity index (χ3n) is 3.43. The lowest BCUT2D eigenvalue weighted by molar-refractivity contribution is 0.174. The Balaban J connectivity index is 1.76. The fourth-order valence-electron chi connectivity index (χ4n) is 2.48. The van der Waals surface area contributed by atoms with Crippen molar-refractivity contribution in [1.29, 1.82) is 0 Å². The summed E-state index contributed by atoms with van der Waals surface area (Å²) in [6, 6.07) is 14.4. The highest BCUT2D eigenvalue weighted by Crippen LogP contribution is 2.35. The molecular weight excluding hydrogens is 236 g/mol. The molecule has 2 aromatic carbocycles. The first kappa shape index (κ1) is 10.4. The number of fused-ring (bicyclic) bond motifs is 2. The van der Waals surface area contributed by atoms with Gasteiger partial charge in [0.05, 0.1) is 0 Å². The van der Waals surface area contributed by atoms with Gasteiger partial charge in [0, 0.05) is 0 Å². The first-order valence-corrected chi connectivity index (χ1v) is 6.29. The van der Waals surface area contributed by atoms with Crippen molar-refractivity contribution in [2.24, 2.45) is 0 Å². The lowest BCUT2D eigenvalue weighted by atomic mass is 10.0. The molecular formula is C17H12O2. The van der Waals surface area contributed by atoms with Gasteiger partial charge in [-0.1, -0.05) is 42.5 Å². The van der Waals surface area contributed by atoms with E-state index in [2.05, 4.69) is 48.6 Å². The average molecular weight is 248 g/mol. The van der Waals surface area contributed by atoms with Gasteiger partial charge in [0.2, 0.25) is 6.79 Å². The minimum Gasteiger partial charge on any atom is -0.454 e. The Bertz CT molecular complexity index is 711. The molecule has 0 N–H and O–H groups in total. The van der Waals surface area contributed by atoms with E-state index in [1.807, 2.05) is 12.1 Å². The highest BCUT2D eigenvalue weighted by atomic mass is 16.7. The second-order valence-electron chi connectivity index (χ2n) is 4.63. The summed E-state index contributed by atoms with van der Waals surface area (Å²) in [5, 5.41) is 0. The van der Waals surface area contributed by atoms with Crippen molar-refractivity contribution in [3.63, 3.8) is 0 Å². The van der Waals surface area contributed by atoms with Crippen LogP contribution in [0.3, 0.4) is 0 Å². The van der Waals surface area contributed by atoms with E-state index in [1.165, 1.54) is 16.7 Å². The SMILES string of the molecule is C1=Cc2ccccc2/C1=C/c1ccc2c(c1)OCO2. The van der Waals surface area contributed by atoms with E-state index in [9.17, 15) is 0 Å². The van der Waals surface area contributed by atoms with E-state index in [1.54, 1.807) is 0 Å². The van der Waals surface area contributed by atoms with Gasteiger partial charge in [0.1, 0.15) is 0 Å². The monoisotopic (exact) mass is 248 g/mol. The van der Waals surface area contributed by atoms with Crippen molar-refractivity contribution in [2.45, 2.75) is 0 Å². The third-order valence-corrected chi connectivity index (χ3v) is 3.43. The van der Waals surface area contributed by atoms with Crippen LogP contribution in [0.25, 0.3) is 17.7 Å². The van der Waals surface area contributed by atoms with Crippen LogP contribution in [0.5, 0.6) is 11.5 Å². The van der Waals surface area contributed by atoms with Crippen LogP contribution in [0, 0.1) is 0 Å². The molecule has 0 atom stereocenters. The van der Waals surface area contributed by atoms with Crippen LogP contribution < -0.4 is 9.47 Å². The Morgan fingerprint density at radius 2 is 1.79 bits per heavy atom. The molecule has 1 heterocycles. The maximum atomic E-state index is 5.40. The maximum Gasteiger partial charge on any atom is 0.231 e. The van der Waals surface area contributed by atoms with Gasteiger partial charge in [-0.15, -0.1) is 0 Å². The third kappa shape index (κ3) is 1.73. The van der Waals surface area contributed by atoms with Gasteiger partial charge in [0.15, 0.2) is 11.5 Å². The predicted octanol–water partition coefficient (Wildman–Crippen LogP) is 3.98. The molecule has 0 unspecified atom stereocenters. The van der Waals surface area contributed by atoms with E-state index in [0.717, 1.165) is 17.1 Å². The topological polar surface area (TPSA) is 18.5 Å². The summed E-state index contributed by atoms with van der Waals surface area (Å²) in [5.74, 6) is 1.65. The van der Waals surface area contributed by atoms with Gasteiger partial charge in [0.25, 0.3) is 0 Å². The van der Waals surface area contributed by atoms with Gasteiger partial charge in [-0.05, 0) is 40.5 Å². The molecule has 0 fully saturated rings. The van der Waals surface area contributed by atoms with E-state index >= 15 is 0 Å². The smallest absolute Gasteiger partial charge is 0.231 e. The van der Waals surface area contributed by atoms with Crippen LogP contribution in [-0.4, -0.2) is 6.79 Å². The van der Waals surface area contributed by atoms with Crippen molar-refractivity contribution in [3.05, 3.63) is 65.2 Å². The number of allylic oxidation sites excluding steroid dienone is 2. The van der Waals surface area contributed by atoms with Crippen LogP contribution in [0.15, 0.2) is 48.5 Å². The molecule has 0 spiro atoms. The zero-order valence-corrected chi connectivity index (χ0v) is 10.3. The summed E-state index contributed by atoms with van der Waals surface area (Å²) in [6.45, 7) is 0.318. The number of hydrogen-bond acceptors (Lipinski definition) is 2. The summed E-state index contributed by atoms with van der Waals surface area (Å²) in [7, 11) is 0. The van der Waals surface area contributed by atoms with E-state index in [-0.39, 0.29) is 0 Å². The van der Waals surface area contributed by atoms with E-state index < -0.39 is 0 Å². The molecule has 92 valence electrons. The molecule has 0 radical (unpaired) electrons. The van der Waals surface area contributed by atoms with Crippen LogP contribution in [0.1, 0.15) is 16.7 Å². The second-order valence-corrected chi connectivity index (χ2v) is 4.63. The largest absolute Gasteiger partial charge is 0.454 e. The Kier molecular flexibility index (Phi) is 2.21. The van der Waals surface area contributed by atoms with Gasteiger partial charge in [-0.2, -0.15) is 0 Å². The lowest BCUT2D eigenvalue weighted by Gasteiger charge is -2.02. The number of hydrogen-bond donors (Lipinski definition) is 0. The molecule has 0 saturated carbocycles. The minimum absolute atomic E-state index is 0.318. The minimum atomic E-state index is 0.318. The molecule has 1 aliphatic heterocycles. The Morgan fingerprint density at radius 1 is 0.895 bits per heavy atom. The first-order chi connectivity index (χ1) is 9.40. The Labute approximate surface area is 111 Å². The van der Waals surface area contributed by atoms with E-state index in [0.29, 0.717) is 6.79 Å². The van der Waals surface area contributed by atoms with Crippen LogP contribution in [0.4, 0.5) is 0 Å². The highest BCUT2D eigenvalue weighted by molar-refractivity contribution is 5.97. The lowest BCUT2D eigenvalue weighted by Crippen LogP contribution is -1.92. The normalized spacial score (nSPS) is 16.9. The summed E-state index contributed by atoms with van der Waals surface area (Å²) < 4.78 is 10.7. The van der Waals surface area contributed by atoms with Crippen molar-refractivity contribution in [1.82, 2.24) is 0 Å². The molecule has 2 aliphatic rings. The van der Waals surface area contributed by atoms with Gasteiger partial charge in [-0.25, -0.2) is 0 Å². The maximum absolute atomic E-state index is 5.40. The van der Waals surface area contributed by atoms with Crippen molar-refractivity contribution < 1.29 is 9.47 Å². The van der Waals surface area contributed by atoms with Gasteiger partial charge < -0.3 is 9.47 Å². The van der Waals surface area contributed by atoms with Gasteiger partial charge in [-0.3, -0.25) is 0 Å². The number of rotatable bonds is 1. The molecule has 0 bridgehead atoms. The summed E-state index contributed by atoms with van der Waals surface area (Å²) in [4.78, 5) is 0. The predicted molar refractivity (Wildman–Crippen MR) is 75.9 cm³/mol. The van der Waals surface area contributed by atoms with Crippen molar-refractivity contribution in [3.8, 4) is 11.5 Å². The highest BCUT2D eigenvalue weighted by Gasteiger charge is 2.14. The quantitative estimate of drug-likeness (QED) is 0.760. The first-order valence-electron chi connectivity index (χ1n) is 6.29. The van der Waals surface area contributed by atoms with Crippen LogP contribution in [-0.2, 0) is 0 Å². The molecule has 19 heavy (non-hydrogen) atoms. The van der Waals surface area contributed by atoms with E-state index in [4.69, 9.17) is 9.47 Å². The number of ether oxygens (including phenoxy) is 2. The molecule has 4 rings (SSSR count). The fourth-order valence-corrected chi connectivity index (χ4v) is 2.48. The summed E-state index contributed by atoms with van der Waals surface area (Å²) >= 11 is 0. The molecule has 0 aromatic heterocycles. The molecule has 2 aromatic rings. The second kappa shape index (κ2) is 4.02. The molecule has 1 aliphatic carbocycles. The van der Waals surface area contributed by atoms with Gasteiger partial charge >= 0.3 is 0 Å². The number of benzene rings is 2. The van der Waals surface area contributed by atoms with Crippen LogP contribution in [0.2, 0.25) is 0 Å². The molecule has 2 nitrogen and oxygen atoms in total. The molecule has 2 heteroatoms. The molecule has 0 saturated heterocycles. The summed E-state index contributed by atoms with van der Waals surface area (Å²) in [6.07, 6.45) is 6.47. The fraction of sp³-hybridized carbons (Fsp3) is 0.0588.